The zero-order chi connectivity index (χ0) is 21.1. The lowest BCUT2D eigenvalue weighted by molar-refractivity contribution is -0.197. The number of carbonyl (C=O) groups is 3. The summed E-state index contributed by atoms with van der Waals surface area (Å²) in [5.74, 6) is -4.56. The van der Waals surface area contributed by atoms with Crippen molar-refractivity contribution in [3.63, 3.8) is 0 Å². The highest BCUT2D eigenvalue weighted by Crippen LogP contribution is 2.47. The normalized spacial score (nSPS) is 20.2. The van der Waals surface area contributed by atoms with E-state index in [1.165, 1.54) is 6.92 Å². The van der Waals surface area contributed by atoms with E-state index < -0.39 is 58.7 Å². The number of nitrogen functional groups attached to an aromatic ring is 1. The first-order chi connectivity index (χ1) is 12.6. The maximum absolute atomic E-state index is 12.0. The summed E-state index contributed by atoms with van der Waals surface area (Å²) in [7, 11) is 0. The van der Waals surface area contributed by atoms with Crippen molar-refractivity contribution in [1.82, 2.24) is 10.2 Å². The number of rotatable bonds is 4. The van der Waals surface area contributed by atoms with Gasteiger partial charge in [0.25, 0.3) is 5.91 Å². The Bertz CT molecular complexity index is 738. The van der Waals surface area contributed by atoms with E-state index in [9.17, 15) is 39.9 Å². The minimum atomic E-state index is -2.56. The monoisotopic (exact) mass is 385 g/mol. The van der Waals surface area contributed by atoms with Crippen LogP contribution in [0.25, 0.3) is 0 Å². The van der Waals surface area contributed by atoms with Gasteiger partial charge in [-0.25, -0.2) is 0 Å². The number of piperidine rings is 1. The van der Waals surface area contributed by atoms with Gasteiger partial charge in [-0.1, -0.05) is 13.8 Å². The molecule has 1 aromatic rings. The van der Waals surface area contributed by atoms with Gasteiger partial charge in [0.1, 0.15) is 0 Å². The molecule has 1 heterocycles. The molecule has 0 aromatic heterocycles. The molecule has 0 spiro atoms. The fourth-order valence-electron chi connectivity index (χ4n) is 2.63. The maximum Gasteiger partial charge on any atom is 0.280 e. The molecule has 1 aromatic carbocycles. The van der Waals surface area contributed by atoms with Gasteiger partial charge < -0.3 is 31.3 Å². The molecule has 1 aliphatic rings. The van der Waals surface area contributed by atoms with Gasteiger partial charge in [0.2, 0.25) is 23.8 Å². The number of hydrogen-bond donors (Lipinski definition) is 7. The van der Waals surface area contributed by atoms with E-state index in [1.54, 1.807) is 0 Å². The highest BCUT2D eigenvalue weighted by molar-refractivity contribution is 6.02. The van der Waals surface area contributed by atoms with Crippen LogP contribution >= 0.6 is 0 Å². The largest absolute Gasteiger partial charge is 0.504 e. The minimum absolute atomic E-state index is 0.0418. The molecular weight excluding hydrogens is 362 g/mol. The summed E-state index contributed by atoms with van der Waals surface area (Å²) in [4.78, 5) is 34.9. The van der Waals surface area contributed by atoms with Gasteiger partial charge in [0, 0.05) is 24.0 Å². The van der Waals surface area contributed by atoms with E-state index >= 15 is 0 Å². The van der Waals surface area contributed by atoms with Gasteiger partial charge >= 0.3 is 0 Å². The number of nitrogens with one attached hydrogen (secondary N) is 1. The van der Waals surface area contributed by atoms with E-state index in [2.05, 4.69) is 0 Å². The molecule has 1 aliphatic heterocycles. The molecular formula is C16H23N3O8. The third-order valence-corrected chi connectivity index (χ3v) is 4.13. The van der Waals surface area contributed by atoms with E-state index in [0.29, 0.717) is 4.90 Å². The van der Waals surface area contributed by atoms with E-state index in [0.717, 1.165) is 0 Å². The first-order valence-corrected chi connectivity index (χ1v) is 8.07. The molecule has 150 valence electrons. The molecule has 0 saturated carbocycles. The molecule has 2 unspecified atom stereocenters. The van der Waals surface area contributed by atoms with Gasteiger partial charge in [0.15, 0.2) is 17.7 Å². The van der Waals surface area contributed by atoms with E-state index in [4.69, 9.17) is 5.73 Å². The van der Waals surface area contributed by atoms with Gasteiger partial charge in [-0.3, -0.25) is 24.6 Å². The number of aliphatic hydroxyl groups is 2. The van der Waals surface area contributed by atoms with Crippen molar-refractivity contribution in [2.45, 2.75) is 45.6 Å². The number of hydrogen-bond acceptors (Lipinski definition) is 9. The number of imide groups is 1. The van der Waals surface area contributed by atoms with Crippen LogP contribution in [0.3, 0.4) is 0 Å². The summed E-state index contributed by atoms with van der Waals surface area (Å²) >= 11 is 0. The standard InChI is InChI=1S/C14H17N3O8.C2H6/c1-5-7(8(15)10(21)11(22)9(5)20)12(23)17(4-18)14(25)3-2-6(19)16-13(14)24;1-2/h4,12,20-23,25H,2-3,15H2,1H3,(H,16,19,24);1-2H3. The van der Waals surface area contributed by atoms with Crippen molar-refractivity contribution in [3.05, 3.63) is 11.1 Å². The molecule has 1 fully saturated rings. The molecule has 8 N–H and O–H groups in total. The lowest BCUT2D eigenvalue weighted by Crippen LogP contribution is -2.63. The Morgan fingerprint density at radius 3 is 2.22 bits per heavy atom. The van der Waals surface area contributed by atoms with Crippen LogP contribution < -0.4 is 11.1 Å². The lowest BCUT2D eigenvalue weighted by Gasteiger charge is -2.40. The lowest BCUT2D eigenvalue weighted by atomic mass is 9.96. The van der Waals surface area contributed by atoms with Crippen LogP contribution in [0.2, 0.25) is 0 Å². The number of nitrogens with zero attached hydrogens (tertiary/aromatic N) is 1. The fraction of sp³-hybridized carbons (Fsp3) is 0.438. The molecule has 2 rings (SSSR count). The van der Waals surface area contributed by atoms with Crippen LogP contribution in [0.15, 0.2) is 0 Å². The molecule has 11 nitrogen and oxygen atoms in total. The zero-order valence-electron chi connectivity index (χ0n) is 15.1. The van der Waals surface area contributed by atoms with E-state index in [1.807, 2.05) is 19.2 Å². The second-order valence-electron chi connectivity index (χ2n) is 5.58. The predicted octanol–water partition coefficient (Wildman–Crippen LogP) is -0.705. The molecule has 1 saturated heterocycles. The van der Waals surface area contributed by atoms with Crippen LogP contribution in [0.4, 0.5) is 5.69 Å². The molecule has 27 heavy (non-hydrogen) atoms. The molecule has 0 bridgehead atoms. The Kier molecular flexibility index (Phi) is 6.60. The summed E-state index contributed by atoms with van der Waals surface area (Å²) in [6.45, 7) is 5.22. The number of carbonyl (C=O) groups excluding carboxylic acids is 3. The molecule has 11 heteroatoms. The Labute approximate surface area is 154 Å². The Morgan fingerprint density at radius 1 is 1.19 bits per heavy atom. The molecule has 3 amide bonds. The Hall–Kier alpha value is -3.05. The first kappa shape index (κ1) is 22.0. The number of aliphatic hydroxyl groups excluding tert-OH is 1. The zero-order valence-corrected chi connectivity index (χ0v) is 15.1. The summed E-state index contributed by atoms with van der Waals surface area (Å²) in [5.41, 5.74) is 1.89. The molecule has 0 aliphatic carbocycles. The third-order valence-electron chi connectivity index (χ3n) is 4.13. The van der Waals surface area contributed by atoms with Gasteiger partial charge in [-0.15, -0.1) is 0 Å². The second-order valence-corrected chi connectivity index (χ2v) is 5.58. The smallest absolute Gasteiger partial charge is 0.280 e. The Balaban J connectivity index is 0.00000176. The van der Waals surface area contributed by atoms with Crippen LogP contribution in [0, 0.1) is 6.92 Å². The summed E-state index contributed by atoms with van der Waals surface area (Å²) in [6, 6.07) is 0. The number of phenolic OH excluding ortho intramolecular Hbond substituents is 3. The number of amides is 3. The van der Waals surface area contributed by atoms with Crippen LogP contribution in [-0.4, -0.2) is 54.4 Å². The number of anilines is 1. The molecule has 0 radical (unpaired) electrons. The number of nitrogens with two attached hydrogens (primary N) is 1. The number of benzene rings is 1. The minimum Gasteiger partial charge on any atom is -0.504 e. The quantitative estimate of drug-likeness (QED) is 0.0875. The summed E-state index contributed by atoms with van der Waals surface area (Å²) in [5, 5.41) is 51.8. The van der Waals surface area contributed by atoms with Crippen LogP contribution in [0.1, 0.15) is 44.0 Å². The van der Waals surface area contributed by atoms with Crippen molar-refractivity contribution in [3.8, 4) is 17.2 Å². The van der Waals surface area contributed by atoms with Crippen molar-refractivity contribution < 1.29 is 39.9 Å². The average Bonchev–Trinajstić information content (AvgIpc) is 2.64. The van der Waals surface area contributed by atoms with Crippen molar-refractivity contribution in [2.75, 3.05) is 5.73 Å². The van der Waals surface area contributed by atoms with Crippen molar-refractivity contribution in [1.29, 1.82) is 0 Å². The van der Waals surface area contributed by atoms with Crippen molar-refractivity contribution >= 4 is 23.9 Å². The average molecular weight is 385 g/mol. The predicted molar refractivity (Wildman–Crippen MR) is 92.1 cm³/mol. The summed E-state index contributed by atoms with van der Waals surface area (Å²) < 4.78 is 0. The highest BCUT2D eigenvalue weighted by Gasteiger charge is 2.49. The highest BCUT2D eigenvalue weighted by atomic mass is 16.4. The van der Waals surface area contributed by atoms with Gasteiger partial charge in [-0.2, -0.15) is 0 Å². The Morgan fingerprint density at radius 2 is 1.74 bits per heavy atom. The number of aromatic hydroxyl groups is 3. The van der Waals surface area contributed by atoms with Crippen LogP contribution in [0.5, 0.6) is 17.2 Å². The fourth-order valence-corrected chi connectivity index (χ4v) is 2.63. The van der Waals surface area contributed by atoms with Crippen molar-refractivity contribution in [2.24, 2.45) is 0 Å². The van der Waals surface area contributed by atoms with Gasteiger partial charge in [-0.05, 0) is 6.92 Å². The molecule has 2 atom stereocenters. The van der Waals surface area contributed by atoms with Gasteiger partial charge in [0.05, 0.1) is 5.69 Å². The topological polar surface area (TPSA) is 194 Å². The SMILES string of the molecule is CC.Cc1c(O)c(O)c(O)c(N)c1C(O)N(C=O)C1(O)CCC(=O)NC1=O. The third kappa shape index (κ3) is 3.59. The number of phenols is 3. The van der Waals surface area contributed by atoms with E-state index in [-0.39, 0.29) is 18.4 Å². The first-order valence-electron chi connectivity index (χ1n) is 8.07. The maximum atomic E-state index is 12.0. The summed E-state index contributed by atoms with van der Waals surface area (Å²) in [6.07, 6.45) is -2.89. The second kappa shape index (κ2) is 8.10. The van der Waals surface area contributed by atoms with Crippen LogP contribution in [-0.2, 0) is 14.4 Å².